The second-order valence-corrected chi connectivity index (χ2v) is 11.1. The van der Waals surface area contributed by atoms with Crippen molar-refractivity contribution in [1.82, 2.24) is 5.32 Å². The first kappa shape index (κ1) is 27.9. The zero-order chi connectivity index (χ0) is 29.1. The SMILES string of the molecule is CC1=C(C)c2cc(C(=O)NCc3ccccc3N)ccc2C(C)C(Cc2ccc(-c3ccccc3C(=O)O)cc2)C1. The Morgan fingerprint density at radius 2 is 1.61 bits per heavy atom. The fourth-order valence-electron chi connectivity index (χ4n) is 5.89. The molecular weight excluding hydrogens is 508 g/mol. The predicted molar refractivity (Wildman–Crippen MR) is 166 cm³/mol. The van der Waals surface area contributed by atoms with E-state index in [1.807, 2.05) is 60.7 Å². The van der Waals surface area contributed by atoms with Crippen molar-refractivity contribution in [2.45, 2.75) is 46.1 Å². The number of rotatable bonds is 7. The van der Waals surface area contributed by atoms with Crippen molar-refractivity contribution in [1.29, 1.82) is 0 Å². The maximum absolute atomic E-state index is 13.1. The van der Waals surface area contributed by atoms with Crippen LogP contribution in [0.4, 0.5) is 5.69 Å². The van der Waals surface area contributed by atoms with Crippen LogP contribution in [0.3, 0.4) is 0 Å². The Morgan fingerprint density at radius 1 is 0.902 bits per heavy atom. The number of carbonyl (C=O) groups is 2. The lowest BCUT2D eigenvalue weighted by molar-refractivity contribution is 0.0697. The van der Waals surface area contributed by atoms with E-state index < -0.39 is 5.97 Å². The highest BCUT2D eigenvalue weighted by Crippen LogP contribution is 2.41. The first-order valence-electron chi connectivity index (χ1n) is 14.1. The zero-order valence-electron chi connectivity index (χ0n) is 23.8. The van der Waals surface area contributed by atoms with Crippen LogP contribution < -0.4 is 11.1 Å². The van der Waals surface area contributed by atoms with E-state index >= 15 is 0 Å². The molecule has 2 atom stereocenters. The van der Waals surface area contributed by atoms with Gasteiger partial charge in [-0.05, 0) is 102 Å². The highest BCUT2D eigenvalue weighted by Gasteiger charge is 2.27. The average Bonchev–Trinajstić information content (AvgIpc) is 3.07. The standard InChI is InChI=1S/C36H36N2O3/c1-22-18-29(19-25-12-14-26(15-13-25)31-9-5-6-10-32(31)36(40)41)24(3)30-17-16-27(20-33(30)23(22)2)35(39)38-21-28-8-4-7-11-34(28)37/h4-17,20,24,29H,18-19,21,37H2,1-3H3,(H,38,39)(H,40,41). The molecule has 2 unspecified atom stereocenters. The summed E-state index contributed by atoms with van der Waals surface area (Å²) < 4.78 is 0. The molecule has 1 amide bonds. The number of anilines is 1. The lowest BCUT2D eigenvalue weighted by atomic mass is 9.80. The summed E-state index contributed by atoms with van der Waals surface area (Å²) in [6.45, 7) is 7.02. The van der Waals surface area contributed by atoms with Crippen LogP contribution in [-0.2, 0) is 13.0 Å². The van der Waals surface area contributed by atoms with Crippen LogP contribution in [0.5, 0.6) is 0 Å². The maximum atomic E-state index is 13.1. The molecule has 4 aromatic carbocycles. The van der Waals surface area contributed by atoms with Crippen LogP contribution in [0.2, 0.25) is 0 Å². The summed E-state index contributed by atoms with van der Waals surface area (Å²) in [5.74, 6) is -0.343. The lowest BCUT2D eigenvalue weighted by Crippen LogP contribution is -2.23. The van der Waals surface area contributed by atoms with E-state index in [-0.39, 0.29) is 5.91 Å². The summed E-state index contributed by atoms with van der Waals surface area (Å²) in [6, 6.07) is 29.0. The molecule has 0 aromatic heterocycles. The molecule has 1 aliphatic rings. The van der Waals surface area contributed by atoms with Crippen LogP contribution in [-0.4, -0.2) is 17.0 Å². The van der Waals surface area contributed by atoms with Crippen molar-refractivity contribution in [2.24, 2.45) is 5.92 Å². The van der Waals surface area contributed by atoms with Gasteiger partial charge in [0.05, 0.1) is 5.56 Å². The van der Waals surface area contributed by atoms with E-state index in [1.165, 1.54) is 22.3 Å². The molecule has 0 fully saturated rings. The third kappa shape index (κ3) is 5.94. The third-order valence-corrected chi connectivity index (χ3v) is 8.54. The molecule has 5 rings (SSSR count). The van der Waals surface area contributed by atoms with Crippen LogP contribution in [0.25, 0.3) is 16.7 Å². The Hall–Kier alpha value is -4.64. The molecule has 0 radical (unpaired) electrons. The Morgan fingerprint density at radius 3 is 2.34 bits per heavy atom. The molecular formula is C36H36N2O3. The van der Waals surface area contributed by atoms with Crippen molar-refractivity contribution in [3.8, 4) is 11.1 Å². The first-order valence-corrected chi connectivity index (χ1v) is 14.1. The summed E-state index contributed by atoms with van der Waals surface area (Å²) in [7, 11) is 0. The molecule has 0 saturated heterocycles. The number of amides is 1. The van der Waals surface area contributed by atoms with Gasteiger partial charge in [0.15, 0.2) is 0 Å². The van der Waals surface area contributed by atoms with Gasteiger partial charge in [0.2, 0.25) is 0 Å². The fourth-order valence-corrected chi connectivity index (χ4v) is 5.89. The number of carboxylic acids is 1. The van der Waals surface area contributed by atoms with Crippen molar-refractivity contribution < 1.29 is 14.7 Å². The second kappa shape index (κ2) is 11.8. The number of fused-ring (bicyclic) bond motifs is 1. The van der Waals surface area contributed by atoms with Crippen LogP contribution >= 0.6 is 0 Å². The normalized spacial score (nSPS) is 16.6. The zero-order valence-corrected chi connectivity index (χ0v) is 23.8. The van der Waals surface area contributed by atoms with E-state index in [0.29, 0.717) is 35.2 Å². The summed E-state index contributed by atoms with van der Waals surface area (Å²) in [6.07, 6.45) is 1.88. The lowest BCUT2D eigenvalue weighted by Gasteiger charge is -2.24. The predicted octanol–water partition coefficient (Wildman–Crippen LogP) is 7.72. The van der Waals surface area contributed by atoms with Gasteiger partial charge in [-0.1, -0.05) is 79.2 Å². The van der Waals surface area contributed by atoms with Gasteiger partial charge in [0, 0.05) is 17.8 Å². The van der Waals surface area contributed by atoms with Crippen molar-refractivity contribution in [2.75, 3.05) is 5.73 Å². The number of nitrogens with one attached hydrogen (secondary N) is 1. The first-order chi connectivity index (χ1) is 19.7. The van der Waals surface area contributed by atoms with E-state index in [0.717, 1.165) is 35.1 Å². The minimum Gasteiger partial charge on any atom is -0.478 e. The Kier molecular flexibility index (Phi) is 8.06. The number of aromatic carboxylic acids is 1. The Labute approximate surface area is 241 Å². The molecule has 1 aliphatic carbocycles. The molecule has 4 N–H and O–H groups in total. The monoisotopic (exact) mass is 544 g/mol. The highest BCUT2D eigenvalue weighted by molar-refractivity contribution is 5.96. The van der Waals surface area contributed by atoms with Gasteiger partial charge in [-0.25, -0.2) is 4.79 Å². The summed E-state index contributed by atoms with van der Waals surface area (Å²) in [5.41, 5.74) is 16.4. The number of benzene rings is 4. The smallest absolute Gasteiger partial charge is 0.336 e. The molecule has 4 aromatic rings. The maximum Gasteiger partial charge on any atom is 0.336 e. The minimum absolute atomic E-state index is 0.112. The number of allylic oxidation sites excluding steroid dienone is 2. The molecule has 0 aliphatic heterocycles. The van der Waals surface area contributed by atoms with Gasteiger partial charge in [0.1, 0.15) is 0 Å². The number of nitrogens with two attached hydrogens (primary N) is 1. The summed E-state index contributed by atoms with van der Waals surface area (Å²) >= 11 is 0. The van der Waals surface area contributed by atoms with E-state index in [4.69, 9.17) is 5.73 Å². The molecule has 0 spiro atoms. The van der Waals surface area contributed by atoms with Crippen molar-refractivity contribution >= 4 is 23.1 Å². The van der Waals surface area contributed by atoms with E-state index in [1.54, 1.807) is 12.1 Å². The van der Waals surface area contributed by atoms with Gasteiger partial charge in [-0.2, -0.15) is 0 Å². The van der Waals surface area contributed by atoms with E-state index in [2.05, 4.69) is 44.3 Å². The van der Waals surface area contributed by atoms with Crippen LogP contribution in [0.15, 0.2) is 96.6 Å². The van der Waals surface area contributed by atoms with Crippen LogP contribution in [0, 0.1) is 5.92 Å². The van der Waals surface area contributed by atoms with Crippen molar-refractivity contribution in [3.63, 3.8) is 0 Å². The fraction of sp³-hybridized carbons (Fsp3) is 0.222. The summed E-state index contributed by atoms with van der Waals surface area (Å²) in [4.78, 5) is 24.7. The number of carbonyl (C=O) groups excluding carboxylic acids is 1. The Bertz CT molecular complexity index is 1640. The van der Waals surface area contributed by atoms with Crippen molar-refractivity contribution in [3.05, 3.63) is 130 Å². The molecule has 0 saturated carbocycles. The Balaban J connectivity index is 1.35. The number of nitrogen functional groups attached to an aromatic ring is 1. The number of hydrogen-bond donors (Lipinski definition) is 3. The minimum atomic E-state index is -0.921. The number of carboxylic acid groups (broad SMARTS) is 1. The van der Waals surface area contributed by atoms with Crippen LogP contribution in [0.1, 0.15) is 76.1 Å². The van der Waals surface area contributed by atoms with E-state index in [9.17, 15) is 14.7 Å². The molecule has 0 heterocycles. The number of hydrogen-bond acceptors (Lipinski definition) is 3. The highest BCUT2D eigenvalue weighted by atomic mass is 16.4. The number of para-hydroxylation sites is 1. The summed E-state index contributed by atoms with van der Waals surface area (Å²) in [5, 5.41) is 12.6. The molecule has 208 valence electrons. The molecule has 0 bridgehead atoms. The van der Waals surface area contributed by atoms with Gasteiger partial charge in [-0.15, -0.1) is 0 Å². The largest absolute Gasteiger partial charge is 0.478 e. The third-order valence-electron chi connectivity index (χ3n) is 8.54. The van der Waals surface area contributed by atoms with Gasteiger partial charge >= 0.3 is 5.97 Å². The molecule has 41 heavy (non-hydrogen) atoms. The topological polar surface area (TPSA) is 92.4 Å². The molecule has 5 nitrogen and oxygen atoms in total. The van der Waals surface area contributed by atoms with Gasteiger partial charge < -0.3 is 16.2 Å². The van der Waals surface area contributed by atoms with Gasteiger partial charge in [-0.3, -0.25) is 4.79 Å². The quantitative estimate of drug-likeness (QED) is 0.208. The van der Waals surface area contributed by atoms with Gasteiger partial charge in [0.25, 0.3) is 5.91 Å². The molecule has 5 heteroatoms. The average molecular weight is 545 g/mol. The second-order valence-electron chi connectivity index (χ2n) is 11.1.